The average Bonchev–Trinajstić information content (AvgIpc) is 3.27. The van der Waals surface area contributed by atoms with Gasteiger partial charge in [0.2, 0.25) is 5.91 Å². The highest BCUT2D eigenvalue weighted by Gasteiger charge is 2.44. The fraction of sp³-hybridized carbons (Fsp3) is 0.941. The lowest BCUT2D eigenvalue weighted by molar-refractivity contribution is -0.303. The molecule has 0 aliphatic carbocycles. The Hall–Kier alpha value is -1.15. The summed E-state index contributed by atoms with van der Waals surface area (Å²) in [7, 11) is 0. The molecule has 0 aromatic rings. The summed E-state index contributed by atoms with van der Waals surface area (Å²) in [6.07, 6.45) is 34.0. The van der Waals surface area contributed by atoms with Crippen LogP contribution in [0.15, 0.2) is 12.2 Å². The summed E-state index contributed by atoms with van der Waals surface area (Å²) < 4.78 is 11.1. The standard InChI is InChI=1S/C51H99NO10/c1-3-5-7-9-11-13-15-17-19-20-21-22-23-25-27-29-31-33-35-37-39-44(55)50(60)52-42(41-61-51-49(59)48(58)47(57)45(40-53)62-51)46(56)43(54)38-36-34-32-30-28-26-24-18-16-14-12-10-8-6-4-2/h30,32,42-49,51,53-59H,3-29,31,33-41H2,1-2H3,(H,52,60)/b32-30+. The summed E-state index contributed by atoms with van der Waals surface area (Å²) in [4.78, 5) is 13.1. The molecule has 1 heterocycles. The summed E-state index contributed by atoms with van der Waals surface area (Å²) in [5.41, 5.74) is 0. The molecule has 0 aromatic heterocycles. The van der Waals surface area contributed by atoms with Crippen molar-refractivity contribution >= 4 is 5.91 Å². The Balaban J connectivity index is 2.38. The summed E-state index contributed by atoms with van der Waals surface area (Å²) in [6.45, 7) is 3.45. The average molecular weight is 886 g/mol. The summed E-state index contributed by atoms with van der Waals surface area (Å²) in [5.74, 6) is -0.702. The summed E-state index contributed by atoms with van der Waals surface area (Å²) in [5, 5.41) is 75.8. The normalized spacial score (nSPS) is 21.3. The number of hydrogen-bond donors (Lipinski definition) is 8. The van der Waals surface area contributed by atoms with E-state index in [0.29, 0.717) is 12.8 Å². The van der Waals surface area contributed by atoms with Crippen LogP contribution >= 0.6 is 0 Å². The third-order valence-corrected chi connectivity index (χ3v) is 12.8. The van der Waals surface area contributed by atoms with Gasteiger partial charge in [-0.3, -0.25) is 4.79 Å². The van der Waals surface area contributed by atoms with Crippen LogP contribution in [-0.4, -0.2) is 110 Å². The number of ether oxygens (including phenoxy) is 2. The van der Waals surface area contributed by atoms with Gasteiger partial charge in [-0.15, -0.1) is 0 Å². The summed E-state index contributed by atoms with van der Waals surface area (Å²) >= 11 is 0. The van der Waals surface area contributed by atoms with Crippen LogP contribution in [0.25, 0.3) is 0 Å². The van der Waals surface area contributed by atoms with Crippen LogP contribution in [0.3, 0.4) is 0 Å². The topological polar surface area (TPSA) is 189 Å². The Kier molecular flexibility index (Phi) is 39.2. The zero-order chi connectivity index (χ0) is 45.5. The number of carbonyl (C=O) groups is 1. The molecule has 11 heteroatoms. The van der Waals surface area contributed by atoms with Gasteiger partial charge >= 0.3 is 0 Å². The van der Waals surface area contributed by atoms with Crippen molar-refractivity contribution in [3.8, 4) is 0 Å². The lowest BCUT2D eigenvalue weighted by Crippen LogP contribution is -2.60. The molecule has 62 heavy (non-hydrogen) atoms. The Bertz CT molecular complexity index is 1020. The van der Waals surface area contributed by atoms with E-state index in [-0.39, 0.29) is 12.8 Å². The molecule has 0 saturated carbocycles. The molecule has 1 amide bonds. The number of aliphatic hydroxyl groups is 7. The Labute approximate surface area is 379 Å². The number of allylic oxidation sites excluding steroid dienone is 2. The summed E-state index contributed by atoms with van der Waals surface area (Å²) in [6, 6.07) is -1.18. The van der Waals surface area contributed by atoms with Gasteiger partial charge in [-0.25, -0.2) is 0 Å². The van der Waals surface area contributed by atoms with Crippen molar-refractivity contribution in [3.05, 3.63) is 12.2 Å². The number of amides is 1. The third-order valence-electron chi connectivity index (χ3n) is 12.8. The van der Waals surface area contributed by atoms with E-state index in [4.69, 9.17) is 9.47 Å². The molecule has 368 valence electrons. The van der Waals surface area contributed by atoms with Crippen molar-refractivity contribution in [1.29, 1.82) is 0 Å². The number of hydrogen-bond acceptors (Lipinski definition) is 10. The third kappa shape index (κ3) is 30.1. The molecular formula is C51H99NO10. The highest BCUT2D eigenvalue weighted by Crippen LogP contribution is 2.23. The zero-order valence-electron chi connectivity index (χ0n) is 39.9. The molecule has 1 saturated heterocycles. The van der Waals surface area contributed by atoms with Gasteiger partial charge < -0.3 is 50.5 Å². The van der Waals surface area contributed by atoms with E-state index in [9.17, 15) is 40.5 Å². The molecule has 1 aliphatic heterocycles. The second kappa shape index (κ2) is 41.3. The van der Waals surface area contributed by atoms with Crippen LogP contribution < -0.4 is 5.32 Å². The first-order valence-corrected chi connectivity index (χ1v) is 26.1. The van der Waals surface area contributed by atoms with Crippen LogP contribution in [0.2, 0.25) is 0 Å². The first-order chi connectivity index (χ1) is 30.2. The van der Waals surface area contributed by atoms with Gasteiger partial charge in [0.25, 0.3) is 0 Å². The quantitative estimate of drug-likeness (QED) is 0.0216. The Morgan fingerprint density at radius 1 is 0.548 bits per heavy atom. The molecule has 0 radical (unpaired) electrons. The van der Waals surface area contributed by atoms with E-state index in [0.717, 1.165) is 38.5 Å². The molecule has 0 spiro atoms. The minimum Gasteiger partial charge on any atom is -0.394 e. The monoisotopic (exact) mass is 886 g/mol. The lowest BCUT2D eigenvalue weighted by atomic mass is 9.98. The van der Waals surface area contributed by atoms with E-state index in [1.807, 2.05) is 0 Å². The fourth-order valence-electron chi connectivity index (χ4n) is 8.50. The van der Waals surface area contributed by atoms with E-state index in [1.165, 1.54) is 161 Å². The van der Waals surface area contributed by atoms with E-state index < -0.39 is 74.2 Å². The molecule has 9 unspecified atom stereocenters. The molecule has 1 rings (SSSR count). The van der Waals surface area contributed by atoms with E-state index in [2.05, 4.69) is 31.3 Å². The SMILES string of the molecule is CCCCCCCCCCCC/C=C/CCCC(O)C(O)C(COC1OC(CO)C(O)C(O)C1O)NC(=O)C(O)CCCCCCCCCCCCCCCCCCCCCC. The van der Waals surface area contributed by atoms with Crippen LogP contribution in [0.1, 0.15) is 239 Å². The van der Waals surface area contributed by atoms with Crippen LogP contribution in [0.5, 0.6) is 0 Å². The van der Waals surface area contributed by atoms with Crippen LogP contribution in [0.4, 0.5) is 0 Å². The molecule has 1 fully saturated rings. The smallest absolute Gasteiger partial charge is 0.249 e. The van der Waals surface area contributed by atoms with E-state index >= 15 is 0 Å². The van der Waals surface area contributed by atoms with Gasteiger partial charge in [-0.2, -0.15) is 0 Å². The highest BCUT2D eigenvalue weighted by molar-refractivity contribution is 5.80. The van der Waals surface area contributed by atoms with Gasteiger partial charge in [0, 0.05) is 0 Å². The van der Waals surface area contributed by atoms with Crippen LogP contribution in [0, 0.1) is 0 Å². The largest absolute Gasteiger partial charge is 0.394 e. The van der Waals surface area contributed by atoms with Crippen molar-refractivity contribution in [2.75, 3.05) is 13.2 Å². The maximum Gasteiger partial charge on any atom is 0.249 e. The maximum absolute atomic E-state index is 13.1. The van der Waals surface area contributed by atoms with E-state index in [1.54, 1.807) is 0 Å². The molecule has 9 atom stereocenters. The molecular weight excluding hydrogens is 787 g/mol. The predicted octanol–water partition coefficient (Wildman–Crippen LogP) is 9.62. The highest BCUT2D eigenvalue weighted by atomic mass is 16.7. The number of rotatable bonds is 44. The molecule has 0 bridgehead atoms. The number of nitrogens with one attached hydrogen (secondary N) is 1. The maximum atomic E-state index is 13.1. The molecule has 11 nitrogen and oxygen atoms in total. The first kappa shape index (κ1) is 58.9. The molecule has 1 aliphatic rings. The Morgan fingerprint density at radius 3 is 1.39 bits per heavy atom. The lowest BCUT2D eigenvalue weighted by Gasteiger charge is -2.40. The molecule has 0 aromatic carbocycles. The van der Waals surface area contributed by atoms with Crippen LogP contribution in [-0.2, 0) is 14.3 Å². The van der Waals surface area contributed by atoms with Gasteiger partial charge in [0.15, 0.2) is 6.29 Å². The molecule has 8 N–H and O–H groups in total. The Morgan fingerprint density at radius 2 is 0.952 bits per heavy atom. The predicted molar refractivity (Wildman–Crippen MR) is 252 cm³/mol. The fourth-order valence-corrected chi connectivity index (χ4v) is 8.50. The zero-order valence-corrected chi connectivity index (χ0v) is 39.9. The van der Waals surface area contributed by atoms with Crippen molar-refractivity contribution in [3.63, 3.8) is 0 Å². The van der Waals surface area contributed by atoms with Crippen molar-refractivity contribution < 1.29 is 50.0 Å². The van der Waals surface area contributed by atoms with Crippen molar-refractivity contribution in [2.45, 2.75) is 294 Å². The minimum absolute atomic E-state index is 0.259. The van der Waals surface area contributed by atoms with Gasteiger partial charge in [-0.1, -0.05) is 212 Å². The van der Waals surface area contributed by atoms with Gasteiger partial charge in [-0.05, 0) is 38.5 Å². The second-order valence-electron chi connectivity index (χ2n) is 18.6. The second-order valence-corrected chi connectivity index (χ2v) is 18.6. The minimum atomic E-state index is -1.66. The van der Waals surface area contributed by atoms with Gasteiger partial charge in [0.05, 0.1) is 25.4 Å². The van der Waals surface area contributed by atoms with Crippen molar-refractivity contribution in [1.82, 2.24) is 5.32 Å². The number of carbonyl (C=O) groups excluding carboxylic acids is 1. The van der Waals surface area contributed by atoms with Crippen molar-refractivity contribution in [2.24, 2.45) is 0 Å². The number of unbranched alkanes of at least 4 members (excludes halogenated alkanes) is 30. The van der Waals surface area contributed by atoms with Gasteiger partial charge in [0.1, 0.15) is 36.6 Å². The first-order valence-electron chi connectivity index (χ1n) is 26.1. The number of aliphatic hydroxyl groups excluding tert-OH is 7.